The van der Waals surface area contributed by atoms with Crippen LogP contribution in [0.15, 0.2) is 36.4 Å². The maximum absolute atomic E-state index is 13.3. The standard InChI is InChI=1S/C35H52N10O11/c1-21(2)17-25(43-27(47)12-16-55-3)33(53)44-26(19-46)31(51)40-18-28(48)42-24(5-4-13-38-34(36)37)32(52)41-23-8-6-22(7-9-23)20-56-35(54)39-14-15-45-29(49)10-11-30(45)50/h6-11,21,24-26,46H,4-5,12-20H2,1-3H3,(H,39,54)(H,40,51)(H,41,52)(H,42,48)(H,43,47)(H,44,53)(H4,36,37,38)/t24-,25-,26-/m0/s1. The highest BCUT2D eigenvalue weighted by Gasteiger charge is 2.28. The number of benzene rings is 1. The molecule has 3 atom stereocenters. The van der Waals surface area contributed by atoms with E-state index in [1.54, 1.807) is 24.3 Å². The van der Waals surface area contributed by atoms with Crippen molar-refractivity contribution in [3.63, 3.8) is 0 Å². The average molecular weight is 789 g/mol. The van der Waals surface area contributed by atoms with Crippen molar-refractivity contribution in [2.45, 2.75) is 64.3 Å². The van der Waals surface area contributed by atoms with E-state index in [0.717, 1.165) is 17.1 Å². The molecular formula is C35H52N10O11. The van der Waals surface area contributed by atoms with Crippen LogP contribution in [0.5, 0.6) is 0 Å². The van der Waals surface area contributed by atoms with Crippen LogP contribution in [0.2, 0.25) is 0 Å². The third kappa shape index (κ3) is 17.4. The van der Waals surface area contributed by atoms with Crippen molar-refractivity contribution < 1.29 is 52.9 Å². The highest BCUT2D eigenvalue weighted by Crippen LogP contribution is 2.12. The molecule has 0 saturated carbocycles. The second-order valence-electron chi connectivity index (χ2n) is 12.9. The SMILES string of the molecule is COCCC(=O)N[C@@H](CC(C)C)C(=O)N[C@@H](CO)C(=O)NCC(=O)N[C@@H](CCCNC(=N)N)C(=O)Nc1ccc(COC(=O)NCCN2C(=O)C=CC2=O)cc1. The smallest absolute Gasteiger partial charge is 0.407 e. The Morgan fingerprint density at radius 3 is 2.11 bits per heavy atom. The Labute approximate surface area is 323 Å². The Bertz CT molecular complexity index is 1570. The lowest BCUT2D eigenvalue weighted by molar-refractivity contribution is -0.136. The van der Waals surface area contributed by atoms with Crippen LogP contribution in [-0.2, 0) is 49.6 Å². The van der Waals surface area contributed by atoms with E-state index < -0.39 is 78.7 Å². The summed E-state index contributed by atoms with van der Waals surface area (Å²) in [5.41, 5.74) is 6.24. The van der Waals surface area contributed by atoms with Crippen LogP contribution in [-0.4, -0.2) is 128 Å². The molecule has 56 heavy (non-hydrogen) atoms. The topological polar surface area (TPSA) is 313 Å². The van der Waals surface area contributed by atoms with Crippen LogP contribution < -0.4 is 43.0 Å². The zero-order valence-electron chi connectivity index (χ0n) is 31.6. The van der Waals surface area contributed by atoms with Gasteiger partial charge in [-0.2, -0.15) is 0 Å². The number of hydrogen-bond donors (Lipinski definition) is 10. The van der Waals surface area contributed by atoms with E-state index in [1.165, 1.54) is 7.11 Å². The molecule has 21 nitrogen and oxygen atoms in total. The number of guanidine groups is 1. The summed E-state index contributed by atoms with van der Waals surface area (Å²) in [5.74, 6) is -4.59. The van der Waals surface area contributed by atoms with Crippen LogP contribution in [0.4, 0.5) is 10.5 Å². The van der Waals surface area contributed by atoms with Gasteiger partial charge in [0, 0.05) is 51.0 Å². The van der Waals surface area contributed by atoms with E-state index >= 15 is 0 Å². The minimum Gasteiger partial charge on any atom is -0.445 e. The van der Waals surface area contributed by atoms with Crippen LogP contribution in [0.25, 0.3) is 0 Å². The van der Waals surface area contributed by atoms with Gasteiger partial charge in [-0.15, -0.1) is 0 Å². The molecule has 0 fully saturated rings. The summed E-state index contributed by atoms with van der Waals surface area (Å²) in [6.45, 7) is 2.50. The van der Waals surface area contributed by atoms with Gasteiger partial charge >= 0.3 is 6.09 Å². The maximum Gasteiger partial charge on any atom is 0.407 e. The molecule has 0 aromatic heterocycles. The third-order valence-corrected chi connectivity index (χ3v) is 7.86. The lowest BCUT2D eigenvalue weighted by Gasteiger charge is -2.23. The number of hydrogen-bond acceptors (Lipinski definition) is 12. The van der Waals surface area contributed by atoms with Crippen molar-refractivity contribution >= 4 is 59.1 Å². The molecule has 0 bridgehead atoms. The van der Waals surface area contributed by atoms with E-state index in [-0.39, 0.29) is 64.0 Å². The minimum atomic E-state index is -1.45. The first-order valence-corrected chi connectivity index (χ1v) is 17.8. The van der Waals surface area contributed by atoms with E-state index in [1.807, 2.05) is 13.8 Å². The molecule has 0 aliphatic carbocycles. The zero-order valence-corrected chi connectivity index (χ0v) is 31.6. The largest absolute Gasteiger partial charge is 0.445 e. The molecule has 1 heterocycles. The lowest BCUT2D eigenvalue weighted by Crippen LogP contribution is -2.56. The van der Waals surface area contributed by atoms with Crippen molar-refractivity contribution in [2.75, 3.05) is 51.8 Å². The molecule has 1 aliphatic rings. The van der Waals surface area contributed by atoms with E-state index in [4.69, 9.17) is 20.6 Å². The summed E-state index contributed by atoms with van der Waals surface area (Å²) in [6.07, 6.45) is 2.20. The minimum absolute atomic E-state index is 0.000848. The highest BCUT2D eigenvalue weighted by atomic mass is 16.5. The van der Waals surface area contributed by atoms with Gasteiger partial charge in [0.1, 0.15) is 24.7 Å². The first kappa shape index (κ1) is 46.1. The van der Waals surface area contributed by atoms with Gasteiger partial charge < -0.3 is 57.5 Å². The summed E-state index contributed by atoms with van der Waals surface area (Å²) < 4.78 is 10.0. The summed E-state index contributed by atoms with van der Waals surface area (Å²) in [5, 5.41) is 34.8. The Balaban J connectivity index is 1.93. The maximum atomic E-state index is 13.3. The monoisotopic (exact) mass is 788 g/mol. The number of methoxy groups -OCH3 is 1. The van der Waals surface area contributed by atoms with Crippen LogP contribution in [0.1, 0.15) is 45.1 Å². The number of alkyl carbamates (subject to hydrolysis) is 1. The van der Waals surface area contributed by atoms with Gasteiger partial charge in [0.25, 0.3) is 11.8 Å². The molecule has 1 aliphatic heterocycles. The fourth-order valence-corrected chi connectivity index (χ4v) is 5.00. The molecule has 1 aromatic rings. The number of ether oxygens (including phenoxy) is 2. The Morgan fingerprint density at radius 1 is 0.839 bits per heavy atom. The third-order valence-electron chi connectivity index (χ3n) is 7.86. The normalized spacial score (nSPS) is 13.6. The Morgan fingerprint density at radius 2 is 1.50 bits per heavy atom. The number of nitrogens with one attached hydrogen (secondary N) is 8. The summed E-state index contributed by atoms with van der Waals surface area (Å²) in [6, 6.07) is 2.73. The van der Waals surface area contributed by atoms with Gasteiger partial charge in [0.2, 0.25) is 29.5 Å². The van der Waals surface area contributed by atoms with Gasteiger partial charge in [0.15, 0.2) is 5.96 Å². The fourth-order valence-electron chi connectivity index (χ4n) is 5.00. The first-order valence-electron chi connectivity index (χ1n) is 17.8. The molecule has 0 unspecified atom stereocenters. The predicted molar refractivity (Wildman–Crippen MR) is 200 cm³/mol. The molecule has 1 aromatic carbocycles. The number of anilines is 1. The fraction of sp³-hybridized carbons (Fsp3) is 0.514. The zero-order chi connectivity index (χ0) is 41.6. The summed E-state index contributed by atoms with van der Waals surface area (Å²) in [4.78, 5) is 100. The number of amides is 8. The summed E-state index contributed by atoms with van der Waals surface area (Å²) in [7, 11) is 1.43. The number of rotatable bonds is 24. The first-order chi connectivity index (χ1) is 26.6. The molecule has 21 heteroatoms. The Kier molecular flexibility index (Phi) is 20.0. The number of nitrogens with two attached hydrogens (primary N) is 1. The molecular weight excluding hydrogens is 736 g/mol. The van der Waals surface area contributed by atoms with Crippen molar-refractivity contribution in [1.82, 2.24) is 36.8 Å². The van der Waals surface area contributed by atoms with Gasteiger partial charge in [-0.3, -0.25) is 43.9 Å². The number of nitrogens with zero attached hydrogens (tertiary/aromatic N) is 1. The molecule has 0 spiro atoms. The number of imide groups is 1. The van der Waals surface area contributed by atoms with E-state index in [0.29, 0.717) is 17.7 Å². The molecule has 0 saturated heterocycles. The van der Waals surface area contributed by atoms with E-state index in [9.17, 15) is 43.5 Å². The van der Waals surface area contributed by atoms with Gasteiger partial charge in [-0.05, 0) is 42.9 Å². The molecule has 308 valence electrons. The van der Waals surface area contributed by atoms with Gasteiger partial charge in [0.05, 0.1) is 19.8 Å². The van der Waals surface area contributed by atoms with Crippen LogP contribution >= 0.6 is 0 Å². The highest BCUT2D eigenvalue weighted by molar-refractivity contribution is 6.12. The molecule has 0 radical (unpaired) electrons. The van der Waals surface area contributed by atoms with Crippen LogP contribution in [0, 0.1) is 11.3 Å². The predicted octanol–water partition coefficient (Wildman–Crippen LogP) is -2.31. The van der Waals surface area contributed by atoms with Crippen molar-refractivity contribution in [2.24, 2.45) is 11.7 Å². The second kappa shape index (κ2) is 24.3. The second-order valence-corrected chi connectivity index (χ2v) is 12.9. The van der Waals surface area contributed by atoms with Gasteiger partial charge in [-0.25, -0.2) is 4.79 Å². The molecule has 2 rings (SSSR count). The van der Waals surface area contributed by atoms with Crippen molar-refractivity contribution in [3.05, 3.63) is 42.0 Å². The number of carbonyl (C=O) groups is 8. The average Bonchev–Trinajstić information content (AvgIpc) is 3.47. The molecule has 11 N–H and O–H groups in total. The number of aliphatic hydroxyl groups is 1. The number of carbonyl (C=O) groups excluding carboxylic acids is 8. The van der Waals surface area contributed by atoms with E-state index in [2.05, 4.69) is 37.2 Å². The van der Waals surface area contributed by atoms with Crippen LogP contribution in [0.3, 0.4) is 0 Å². The molecule has 8 amide bonds. The number of aliphatic hydroxyl groups excluding tert-OH is 1. The van der Waals surface area contributed by atoms with Gasteiger partial charge in [-0.1, -0.05) is 26.0 Å². The summed E-state index contributed by atoms with van der Waals surface area (Å²) >= 11 is 0. The Hall–Kier alpha value is -6.09. The van der Waals surface area contributed by atoms with Crippen molar-refractivity contribution in [1.29, 1.82) is 5.41 Å². The lowest BCUT2D eigenvalue weighted by atomic mass is 10.0. The van der Waals surface area contributed by atoms with Crippen molar-refractivity contribution in [3.8, 4) is 0 Å². The quantitative estimate of drug-likeness (QED) is 0.0228.